The van der Waals surface area contributed by atoms with Gasteiger partial charge in [-0.1, -0.05) is 0 Å². The van der Waals surface area contributed by atoms with Crippen LogP contribution in [0.1, 0.15) is 36.2 Å². The molecule has 1 aliphatic heterocycles. The number of nitrogens with one attached hydrogen (secondary N) is 1. The Kier molecular flexibility index (Phi) is 3.63. The number of likely N-dealkylation sites (tertiary alicyclic amines) is 1. The largest absolute Gasteiger partial charge is 0.312 e. The van der Waals surface area contributed by atoms with Gasteiger partial charge in [0.1, 0.15) is 0 Å². The van der Waals surface area contributed by atoms with E-state index >= 15 is 0 Å². The van der Waals surface area contributed by atoms with E-state index in [4.69, 9.17) is 0 Å². The van der Waals surface area contributed by atoms with Gasteiger partial charge in [0.25, 0.3) is 0 Å². The second-order valence-corrected chi connectivity index (χ2v) is 6.28. The number of rotatable bonds is 5. The van der Waals surface area contributed by atoms with Crippen molar-refractivity contribution in [3.8, 4) is 0 Å². The molecule has 0 aromatic carbocycles. The summed E-state index contributed by atoms with van der Waals surface area (Å²) in [5, 5.41) is 8.11. The standard InChI is InChI=1S/C15H26N4/c1-11-15(12(2)18(3)17-11)9-16-8-13-6-7-19(10-13)14-4-5-14/h13-14,16H,4-10H2,1-3H3. The molecule has 0 spiro atoms. The maximum absolute atomic E-state index is 4.47. The van der Waals surface area contributed by atoms with Gasteiger partial charge in [-0.2, -0.15) is 5.10 Å². The second-order valence-electron chi connectivity index (χ2n) is 6.28. The molecule has 1 saturated carbocycles. The van der Waals surface area contributed by atoms with E-state index in [1.165, 1.54) is 49.3 Å². The summed E-state index contributed by atoms with van der Waals surface area (Å²) in [7, 11) is 2.02. The van der Waals surface area contributed by atoms with Crippen LogP contribution in [0.3, 0.4) is 0 Å². The molecular formula is C15H26N4. The van der Waals surface area contributed by atoms with Crippen LogP contribution in [-0.2, 0) is 13.6 Å². The van der Waals surface area contributed by atoms with E-state index in [0.29, 0.717) is 0 Å². The maximum atomic E-state index is 4.47. The van der Waals surface area contributed by atoms with Crippen LogP contribution >= 0.6 is 0 Å². The zero-order chi connectivity index (χ0) is 13.4. The van der Waals surface area contributed by atoms with Crippen molar-refractivity contribution in [1.82, 2.24) is 20.0 Å². The minimum atomic E-state index is 0.845. The smallest absolute Gasteiger partial charge is 0.0641 e. The quantitative estimate of drug-likeness (QED) is 0.875. The molecule has 4 nitrogen and oxygen atoms in total. The number of hydrogen-bond donors (Lipinski definition) is 1. The molecule has 106 valence electrons. The lowest BCUT2D eigenvalue weighted by molar-refractivity contribution is 0.312. The normalized spacial score (nSPS) is 24.3. The molecule has 1 atom stereocenters. The highest BCUT2D eigenvalue weighted by atomic mass is 15.3. The van der Waals surface area contributed by atoms with Crippen LogP contribution in [0.15, 0.2) is 0 Å². The Morgan fingerprint density at radius 3 is 2.68 bits per heavy atom. The van der Waals surface area contributed by atoms with Gasteiger partial charge >= 0.3 is 0 Å². The molecule has 4 heteroatoms. The zero-order valence-corrected chi connectivity index (χ0v) is 12.4. The lowest BCUT2D eigenvalue weighted by Gasteiger charge is -2.15. The fraction of sp³-hybridized carbons (Fsp3) is 0.800. The minimum Gasteiger partial charge on any atom is -0.312 e. The van der Waals surface area contributed by atoms with E-state index in [1.807, 2.05) is 11.7 Å². The summed E-state index contributed by atoms with van der Waals surface area (Å²) in [6.45, 7) is 9.00. The molecule has 1 unspecified atom stereocenters. The summed E-state index contributed by atoms with van der Waals surface area (Å²) in [6.07, 6.45) is 4.25. The SMILES string of the molecule is Cc1nn(C)c(C)c1CNCC1CCN(C2CC2)C1. The Morgan fingerprint density at radius 2 is 2.05 bits per heavy atom. The summed E-state index contributed by atoms with van der Waals surface area (Å²) in [6, 6.07) is 0.938. The van der Waals surface area contributed by atoms with Gasteiger partial charge < -0.3 is 10.2 Å². The molecule has 1 saturated heterocycles. The summed E-state index contributed by atoms with van der Waals surface area (Å²) in [4.78, 5) is 2.69. The van der Waals surface area contributed by atoms with Gasteiger partial charge in [-0.05, 0) is 52.1 Å². The highest BCUT2D eigenvalue weighted by Gasteiger charge is 2.34. The van der Waals surface area contributed by atoms with E-state index in [2.05, 4.69) is 29.2 Å². The molecule has 0 bridgehead atoms. The van der Waals surface area contributed by atoms with E-state index < -0.39 is 0 Å². The Balaban J connectivity index is 1.45. The first-order valence-electron chi connectivity index (χ1n) is 7.59. The average molecular weight is 262 g/mol. The molecule has 19 heavy (non-hydrogen) atoms. The van der Waals surface area contributed by atoms with E-state index in [9.17, 15) is 0 Å². The number of aryl methyl sites for hydroxylation is 2. The summed E-state index contributed by atoms with van der Waals surface area (Å²) in [5.74, 6) is 0.845. The first-order chi connectivity index (χ1) is 9.15. The molecule has 3 rings (SSSR count). The zero-order valence-electron chi connectivity index (χ0n) is 12.4. The van der Waals surface area contributed by atoms with Crippen LogP contribution < -0.4 is 5.32 Å². The molecule has 2 heterocycles. The molecule has 0 amide bonds. The number of nitrogens with zero attached hydrogens (tertiary/aromatic N) is 3. The molecule has 1 aliphatic carbocycles. The van der Waals surface area contributed by atoms with Gasteiger partial charge in [0.15, 0.2) is 0 Å². The molecule has 1 aromatic heterocycles. The van der Waals surface area contributed by atoms with Gasteiger partial charge in [-0.25, -0.2) is 0 Å². The van der Waals surface area contributed by atoms with E-state index in [1.54, 1.807) is 0 Å². The summed E-state index contributed by atoms with van der Waals surface area (Å²) >= 11 is 0. The predicted molar refractivity (Wildman–Crippen MR) is 77.1 cm³/mol. The Labute approximate surface area is 116 Å². The molecule has 1 aromatic rings. The van der Waals surface area contributed by atoms with Gasteiger partial charge in [0, 0.05) is 37.4 Å². The van der Waals surface area contributed by atoms with Crippen molar-refractivity contribution < 1.29 is 0 Å². The Bertz CT molecular complexity index is 447. The third-order valence-corrected chi connectivity index (χ3v) is 4.77. The average Bonchev–Trinajstić information content (AvgIpc) is 3.08. The van der Waals surface area contributed by atoms with Crippen molar-refractivity contribution in [3.05, 3.63) is 17.0 Å². The van der Waals surface area contributed by atoms with Crippen molar-refractivity contribution in [3.63, 3.8) is 0 Å². The third kappa shape index (κ3) is 2.84. The van der Waals surface area contributed by atoms with Crippen LogP contribution in [0.4, 0.5) is 0 Å². The summed E-state index contributed by atoms with van der Waals surface area (Å²) < 4.78 is 1.98. The van der Waals surface area contributed by atoms with Crippen LogP contribution in [-0.4, -0.2) is 40.4 Å². The molecule has 2 fully saturated rings. The minimum absolute atomic E-state index is 0.845. The maximum Gasteiger partial charge on any atom is 0.0641 e. The lowest BCUT2D eigenvalue weighted by atomic mass is 10.1. The fourth-order valence-electron chi connectivity index (χ4n) is 3.28. The first-order valence-corrected chi connectivity index (χ1v) is 7.59. The summed E-state index contributed by atoms with van der Waals surface area (Å²) in [5.41, 5.74) is 3.83. The van der Waals surface area contributed by atoms with Crippen LogP contribution in [0.25, 0.3) is 0 Å². The van der Waals surface area contributed by atoms with Crippen LogP contribution in [0.2, 0.25) is 0 Å². The van der Waals surface area contributed by atoms with Crippen molar-refractivity contribution in [2.45, 2.75) is 45.7 Å². The lowest BCUT2D eigenvalue weighted by Crippen LogP contribution is -2.27. The third-order valence-electron chi connectivity index (χ3n) is 4.77. The monoisotopic (exact) mass is 262 g/mol. The van der Waals surface area contributed by atoms with Gasteiger partial charge in [-0.15, -0.1) is 0 Å². The van der Waals surface area contributed by atoms with Gasteiger partial charge in [0.05, 0.1) is 5.69 Å². The van der Waals surface area contributed by atoms with Crippen LogP contribution in [0, 0.1) is 19.8 Å². The van der Waals surface area contributed by atoms with Crippen LogP contribution in [0.5, 0.6) is 0 Å². The number of hydrogen-bond acceptors (Lipinski definition) is 3. The van der Waals surface area contributed by atoms with Gasteiger partial charge in [-0.3, -0.25) is 4.68 Å². The highest BCUT2D eigenvalue weighted by molar-refractivity contribution is 5.23. The van der Waals surface area contributed by atoms with E-state index in [-0.39, 0.29) is 0 Å². The van der Waals surface area contributed by atoms with Crippen molar-refractivity contribution in [2.75, 3.05) is 19.6 Å². The Morgan fingerprint density at radius 1 is 1.26 bits per heavy atom. The Hall–Kier alpha value is -0.870. The predicted octanol–water partition coefficient (Wildman–Crippen LogP) is 1.61. The fourth-order valence-corrected chi connectivity index (χ4v) is 3.28. The highest BCUT2D eigenvalue weighted by Crippen LogP contribution is 2.31. The van der Waals surface area contributed by atoms with Crippen molar-refractivity contribution in [2.24, 2.45) is 13.0 Å². The second kappa shape index (κ2) is 5.25. The van der Waals surface area contributed by atoms with Crippen molar-refractivity contribution >= 4 is 0 Å². The molecule has 2 aliphatic rings. The first kappa shape index (κ1) is 13.1. The molecule has 1 N–H and O–H groups in total. The van der Waals surface area contributed by atoms with Crippen molar-refractivity contribution in [1.29, 1.82) is 0 Å². The van der Waals surface area contributed by atoms with Gasteiger partial charge in [0.2, 0.25) is 0 Å². The van der Waals surface area contributed by atoms with E-state index in [0.717, 1.165) is 25.0 Å². The number of aromatic nitrogens is 2. The molecule has 0 radical (unpaired) electrons. The topological polar surface area (TPSA) is 33.1 Å². The molecular weight excluding hydrogens is 236 g/mol.